The van der Waals surface area contributed by atoms with Crippen molar-refractivity contribution >= 4 is 27.5 Å². The quantitative estimate of drug-likeness (QED) is 0.792. The summed E-state index contributed by atoms with van der Waals surface area (Å²) in [6.45, 7) is 6.17. The fourth-order valence-electron chi connectivity index (χ4n) is 1.85. The van der Waals surface area contributed by atoms with E-state index in [9.17, 15) is 4.79 Å². The van der Waals surface area contributed by atoms with E-state index in [2.05, 4.69) is 28.2 Å². The van der Waals surface area contributed by atoms with E-state index in [1.165, 1.54) is 0 Å². The summed E-state index contributed by atoms with van der Waals surface area (Å²) in [4.78, 5) is 11.8. The van der Waals surface area contributed by atoms with Gasteiger partial charge in [-0.25, -0.2) is 0 Å². The first kappa shape index (κ1) is 14.2. The monoisotopic (exact) mass is 297 g/mol. The molecule has 0 aliphatic heterocycles. The molecule has 1 aromatic carbocycles. The number of hydrogen-bond acceptors (Lipinski definition) is 1. The van der Waals surface area contributed by atoms with E-state index in [1.54, 1.807) is 0 Å². The van der Waals surface area contributed by atoms with E-state index in [4.69, 9.17) is 0 Å². The Hall–Kier alpha value is -0.830. The van der Waals surface area contributed by atoms with Crippen LogP contribution in [0, 0.1) is 13.8 Å². The van der Waals surface area contributed by atoms with Gasteiger partial charge in [-0.1, -0.05) is 35.7 Å². The van der Waals surface area contributed by atoms with Crippen LogP contribution >= 0.6 is 15.9 Å². The van der Waals surface area contributed by atoms with Gasteiger partial charge in [0.05, 0.1) is 0 Å². The maximum atomic E-state index is 11.8. The second kappa shape index (κ2) is 6.80. The number of anilines is 1. The number of aryl methyl sites for hydroxylation is 2. The number of halogens is 1. The number of unbranched alkanes of at least 4 members (excludes halogenated alkanes) is 2. The van der Waals surface area contributed by atoms with Crippen LogP contribution in [0.15, 0.2) is 16.6 Å². The van der Waals surface area contributed by atoms with Crippen molar-refractivity contribution < 1.29 is 4.79 Å². The zero-order valence-electron chi connectivity index (χ0n) is 10.8. The Balaban J connectivity index is 2.65. The van der Waals surface area contributed by atoms with Gasteiger partial charge in [0.2, 0.25) is 5.91 Å². The second-order valence-electron chi connectivity index (χ2n) is 4.42. The Kier molecular flexibility index (Phi) is 5.69. The minimum absolute atomic E-state index is 0.118. The fourth-order valence-corrected chi connectivity index (χ4v) is 2.53. The van der Waals surface area contributed by atoms with Crippen LogP contribution in [0.4, 0.5) is 5.69 Å². The molecular formula is C14H20BrNO. The second-order valence-corrected chi connectivity index (χ2v) is 5.34. The van der Waals surface area contributed by atoms with Crippen molar-refractivity contribution in [1.82, 2.24) is 0 Å². The summed E-state index contributed by atoms with van der Waals surface area (Å²) in [6.07, 6.45) is 3.84. The maximum Gasteiger partial charge on any atom is 0.224 e. The molecule has 0 aromatic heterocycles. The Morgan fingerprint density at radius 3 is 2.35 bits per heavy atom. The number of hydrogen-bond donors (Lipinski definition) is 1. The van der Waals surface area contributed by atoms with Crippen molar-refractivity contribution in [2.45, 2.75) is 46.5 Å². The van der Waals surface area contributed by atoms with Crippen LogP contribution in [0.25, 0.3) is 0 Å². The lowest BCUT2D eigenvalue weighted by atomic mass is 10.1. The number of carbonyl (C=O) groups excluding carboxylic acids is 1. The fraction of sp³-hybridized carbons (Fsp3) is 0.500. The lowest BCUT2D eigenvalue weighted by Gasteiger charge is -2.12. The van der Waals surface area contributed by atoms with Crippen molar-refractivity contribution in [3.8, 4) is 0 Å². The largest absolute Gasteiger partial charge is 0.326 e. The molecule has 0 radical (unpaired) electrons. The zero-order chi connectivity index (χ0) is 12.8. The van der Waals surface area contributed by atoms with E-state index < -0.39 is 0 Å². The van der Waals surface area contributed by atoms with Gasteiger partial charge >= 0.3 is 0 Å². The third-order valence-corrected chi connectivity index (χ3v) is 3.23. The van der Waals surface area contributed by atoms with E-state index in [-0.39, 0.29) is 5.91 Å². The van der Waals surface area contributed by atoms with Crippen molar-refractivity contribution in [2.75, 3.05) is 5.32 Å². The molecule has 0 heterocycles. The normalized spacial score (nSPS) is 10.4. The van der Waals surface area contributed by atoms with Crippen molar-refractivity contribution in [1.29, 1.82) is 0 Å². The molecule has 0 bridgehead atoms. The summed E-state index contributed by atoms with van der Waals surface area (Å²) in [5.41, 5.74) is 3.15. The molecule has 0 saturated heterocycles. The van der Waals surface area contributed by atoms with Gasteiger partial charge in [0.1, 0.15) is 0 Å². The molecule has 0 unspecified atom stereocenters. The van der Waals surface area contributed by atoms with E-state index in [0.717, 1.165) is 40.5 Å². The molecule has 0 saturated carbocycles. The van der Waals surface area contributed by atoms with Crippen LogP contribution in [0.3, 0.4) is 0 Å². The molecule has 1 N–H and O–H groups in total. The molecule has 94 valence electrons. The minimum Gasteiger partial charge on any atom is -0.326 e. The molecule has 0 aliphatic carbocycles. The third-order valence-electron chi connectivity index (χ3n) is 2.77. The Morgan fingerprint density at radius 2 is 1.82 bits per heavy atom. The predicted molar refractivity (Wildman–Crippen MR) is 76.4 cm³/mol. The standard InChI is InChI=1S/C14H20BrNO/c1-4-5-6-7-13(17)16-14-10(2)8-12(15)9-11(14)3/h8-9H,4-7H2,1-3H3,(H,16,17). The first-order chi connectivity index (χ1) is 8.04. The number of amides is 1. The highest BCUT2D eigenvalue weighted by atomic mass is 79.9. The Bertz CT molecular complexity index is 378. The number of nitrogens with one attached hydrogen (secondary N) is 1. The molecule has 1 aromatic rings. The summed E-state index contributed by atoms with van der Waals surface area (Å²) >= 11 is 3.45. The van der Waals surface area contributed by atoms with Crippen LogP contribution < -0.4 is 5.32 Å². The highest BCUT2D eigenvalue weighted by Gasteiger charge is 2.08. The first-order valence-corrected chi connectivity index (χ1v) is 6.90. The Labute approximate surface area is 112 Å². The molecule has 0 spiro atoms. The van der Waals surface area contributed by atoms with Gasteiger partial charge in [0.25, 0.3) is 0 Å². The summed E-state index contributed by atoms with van der Waals surface area (Å²) in [7, 11) is 0. The molecule has 3 heteroatoms. The average molecular weight is 298 g/mol. The topological polar surface area (TPSA) is 29.1 Å². The number of benzene rings is 1. The van der Waals surface area contributed by atoms with Gasteiger partial charge in [-0.15, -0.1) is 0 Å². The maximum absolute atomic E-state index is 11.8. The lowest BCUT2D eigenvalue weighted by Crippen LogP contribution is -2.13. The van der Waals surface area contributed by atoms with Crippen LogP contribution in [-0.4, -0.2) is 5.91 Å². The van der Waals surface area contributed by atoms with Crippen molar-refractivity contribution in [3.63, 3.8) is 0 Å². The van der Waals surface area contributed by atoms with Gasteiger partial charge < -0.3 is 5.32 Å². The van der Waals surface area contributed by atoms with Gasteiger partial charge in [0.15, 0.2) is 0 Å². The van der Waals surface area contributed by atoms with Gasteiger partial charge in [-0.3, -0.25) is 4.79 Å². The van der Waals surface area contributed by atoms with Crippen molar-refractivity contribution in [3.05, 3.63) is 27.7 Å². The number of carbonyl (C=O) groups is 1. The van der Waals surface area contributed by atoms with Crippen molar-refractivity contribution in [2.24, 2.45) is 0 Å². The SMILES string of the molecule is CCCCCC(=O)Nc1c(C)cc(Br)cc1C. The van der Waals surface area contributed by atoms with E-state index in [0.29, 0.717) is 6.42 Å². The summed E-state index contributed by atoms with van der Waals surface area (Å²) in [5, 5.41) is 3.00. The van der Waals surface area contributed by atoms with E-state index in [1.807, 2.05) is 26.0 Å². The first-order valence-electron chi connectivity index (χ1n) is 6.11. The summed E-state index contributed by atoms with van der Waals surface area (Å²) in [6, 6.07) is 4.04. The molecular weight excluding hydrogens is 278 g/mol. The molecule has 1 rings (SSSR count). The molecule has 0 aliphatic rings. The molecule has 1 amide bonds. The van der Waals surface area contributed by atoms with Gasteiger partial charge in [-0.05, 0) is 43.5 Å². The Morgan fingerprint density at radius 1 is 1.24 bits per heavy atom. The highest BCUT2D eigenvalue weighted by Crippen LogP contribution is 2.25. The molecule has 0 fully saturated rings. The smallest absolute Gasteiger partial charge is 0.224 e. The summed E-state index contributed by atoms with van der Waals surface area (Å²) < 4.78 is 1.05. The van der Waals surface area contributed by atoms with Crippen LogP contribution in [0.1, 0.15) is 43.7 Å². The van der Waals surface area contributed by atoms with Gasteiger partial charge in [-0.2, -0.15) is 0 Å². The van der Waals surface area contributed by atoms with Crippen LogP contribution in [0.2, 0.25) is 0 Å². The molecule has 17 heavy (non-hydrogen) atoms. The van der Waals surface area contributed by atoms with Gasteiger partial charge in [0, 0.05) is 16.6 Å². The van der Waals surface area contributed by atoms with E-state index >= 15 is 0 Å². The van der Waals surface area contributed by atoms with Crippen LogP contribution in [-0.2, 0) is 4.79 Å². The highest BCUT2D eigenvalue weighted by molar-refractivity contribution is 9.10. The zero-order valence-corrected chi connectivity index (χ0v) is 12.4. The predicted octanol–water partition coefficient (Wildman–Crippen LogP) is 4.58. The molecule has 2 nitrogen and oxygen atoms in total. The summed E-state index contributed by atoms with van der Waals surface area (Å²) in [5.74, 6) is 0.118. The third kappa shape index (κ3) is 4.50. The number of rotatable bonds is 5. The molecule has 0 atom stereocenters. The average Bonchev–Trinajstić information content (AvgIpc) is 2.24. The lowest BCUT2D eigenvalue weighted by molar-refractivity contribution is -0.116. The van der Waals surface area contributed by atoms with Crippen LogP contribution in [0.5, 0.6) is 0 Å². The minimum atomic E-state index is 0.118.